The Hall–Kier alpha value is -1.03. The molecule has 0 saturated heterocycles. The molecular weight excluding hydrogens is 204 g/mol. The Morgan fingerprint density at radius 3 is 3.07 bits per heavy atom. The van der Waals surface area contributed by atoms with Crippen LogP contribution in [0.1, 0.15) is 30.3 Å². The monoisotopic (exact) mass is 214 g/mol. The van der Waals surface area contributed by atoms with Crippen molar-refractivity contribution in [1.82, 2.24) is 9.55 Å². The molecule has 2 heterocycles. The summed E-state index contributed by atoms with van der Waals surface area (Å²) in [7, 11) is 0. The smallest absolute Gasteiger partial charge is 0.312 e. The van der Waals surface area contributed by atoms with Gasteiger partial charge >= 0.3 is 5.97 Å². The van der Waals surface area contributed by atoms with Crippen molar-refractivity contribution in [2.24, 2.45) is 0 Å². The number of fused-ring (bicyclic) bond motifs is 1. The quantitative estimate of drug-likeness (QED) is 0.776. The van der Waals surface area contributed by atoms with Crippen LogP contribution in [0.2, 0.25) is 5.15 Å². The maximum atomic E-state index is 11.0. The number of hydrogen-bond acceptors (Lipinski definition) is 2. The third-order valence-corrected chi connectivity index (χ3v) is 2.93. The lowest BCUT2D eigenvalue weighted by Gasteiger charge is -2.21. The van der Waals surface area contributed by atoms with Crippen LogP contribution in [0, 0.1) is 6.92 Å². The molecule has 0 spiro atoms. The zero-order valence-corrected chi connectivity index (χ0v) is 8.58. The van der Waals surface area contributed by atoms with Crippen LogP contribution in [0.5, 0.6) is 0 Å². The SMILES string of the molecule is Cc1nc(Cl)c2n1CCCC2C(=O)O. The highest BCUT2D eigenvalue weighted by atomic mass is 35.5. The summed E-state index contributed by atoms with van der Waals surface area (Å²) in [5.74, 6) is -0.499. The van der Waals surface area contributed by atoms with Crippen LogP contribution in [0.4, 0.5) is 0 Å². The number of carboxylic acid groups (broad SMARTS) is 1. The van der Waals surface area contributed by atoms with E-state index in [0.29, 0.717) is 17.3 Å². The van der Waals surface area contributed by atoms with Crippen LogP contribution in [0.15, 0.2) is 0 Å². The molecule has 5 heteroatoms. The highest BCUT2D eigenvalue weighted by Gasteiger charge is 2.30. The van der Waals surface area contributed by atoms with Crippen molar-refractivity contribution in [3.8, 4) is 0 Å². The van der Waals surface area contributed by atoms with Gasteiger partial charge in [-0.15, -0.1) is 0 Å². The van der Waals surface area contributed by atoms with E-state index in [2.05, 4.69) is 4.98 Å². The highest BCUT2D eigenvalue weighted by Crippen LogP contribution is 2.33. The second kappa shape index (κ2) is 3.28. The topological polar surface area (TPSA) is 55.1 Å². The fourth-order valence-corrected chi connectivity index (χ4v) is 2.35. The molecule has 4 nitrogen and oxygen atoms in total. The van der Waals surface area contributed by atoms with Gasteiger partial charge in [-0.05, 0) is 19.8 Å². The second-order valence-corrected chi connectivity index (χ2v) is 3.88. The minimum absolute atomic E-state index is 0.342. The van der Waals surface area contributed by atoms with E-state index in [-0.39, 0.29) is 0 Å². The van der Waals surface area contributed by atoms with Crippen LogP contribution in [0.25, 0.3) is 0 Å². The van der Waals surface area contributed by atoms with E-state index in [1.54, 1.807) is 0 Å². The summed E-state index contributed by atoms with van der Waals surface area (Å²) in [6, 6.07) is 0. The number of halogens is 1. The van der Waals surface area contributed by atoms with Crippen molar-refractivity contribution in [3.05, 3.63) is 16.7 Å². The van der Waals surface area contributed by atoms with Crippen LogP contribution in [-0.4, -0.2) is 20.6 Å². The number of hydrogen-bond donors (Lipinski definition) is 1. The average Bonchev–Trinajstić information content (AvgIpc) is 2.43. The molecule has 1 aromatic heterocycles. The van der Waals surface area contributed by atoms with E-state index in [1.165, 1.54) is 0 Å². The van der Waals surface area contributed by atoms with Crippen LogP contribution in [0.3, 0.4) is 0 Å². The normalized spacial score (nSPS) is 20.6. The molecule has 2 rings (SSSR count). The first-order valence-electron chi connectivity index (χ1n) is 4.56. The van der Waals surface area contributed by atoms with E-state index in [1.807, 2.05) is 11.5 Å². The Morgan fingerprint density at radius 2 is 2.43 bits per heavy atom. The summed E-state index contributed by atoms with van der Waals surface area (Å²) in [4.78, 5) is 15.1. The Balaban J connectivity index is 2.53. The van der Waals surface area contributed by atoms with Gasteiger partial charge < -0.3 is 9.67 Å². The maximum Gasteiger partial charge on any atom is 0.312 e. The summed E-state index contributed by atoms with van der Waals surface area (Å²) >= 11 is 5.91. The molecule has 0 saturated carbocycles. The number of aliphatic carboxylic acids is 1. The van der Waals surface area contributed by atoms with Crippen molar-refractivity contribution in [2.45, 2.75) is 32.2 Å². The molecule has 76 valence electrons. The number of rotatable bonds is 1. The number of carboxylic acids is 1. The van der Waals surface area contributed by atoms with Gasteiger partial charge in [-0.3, -0.25) is 4.79 Å². The van der Waals surface area contributed by atoms with Gasteiger partial charge in [-0.1, -0.05) is 11.6 Å². The van der Waals surface area contributed by atoms with Crippen molar-refractivity contribution >= 4 is 17.6 Å². The molecule has 0 bridgehead atoms. The lowest BCUT2D eigenvalue weighted by molar-refractivity contribution is -0.139. The molecule has 0 aromatic carbocycles. The van der Waals surface area contributed by atoms with Gasteiger partial charge in [0.05, 0.1) is 5.69 Å². The number of aryl methyl sites for hydroxylation is 1. The molecule has 1 N–H and O–H groups in total. The molecule has 0 amide bonds. The minimum atomic E-state index is -0.812. The van der Waals surface area contributed by atoms with Gasteiger partial charge in [0.25, 0.3) is 0 Å². The molecule has 0 fully saturated rings. The predicted octanol–water partition coefficient (Wildman–Crippen LogP) is 1.81. The Labute approximate surface area is 86.5 Å². The molecular formula is C9H11ClN2O2. The summed E-state index contributed by atoms with van der Waals surface area (Å²) in [5, 5.41) is 9.36. The average molecular weight is 215 g/mol. The molecule has 1 aliphatic rings. The first-order chi connectivity index (χ1) is 6.61. The lowest BCUT2D eigenvalue weighted by Crippen LogP contribution is -2.22. The molecule has 1 unspecified atom stereocenters. The first-order valence-corrected chi connectivity index (χ1v) is 4.94. The highest BCUT2D eigenvalue weighted by molar-refractivity contribution is 6.30. The number of aromatic nitrogens is 2. The zero-order chi connectivity index (χ0) is 10.3. The number of nitrogens with zero attached hydrogens (tertiary/aromatic N) is 2. The van der Waals surface area contributed by atoms with Crippen LogP contribution in [-0.2, 0) is 11.3 Å². The fourth-order valence-electron chi connectivity index (χ4n) is 1.99. The Bertz CT molecular complexity index is 386. The van der Waals surface area contributed by atoms with Gasteiger partial charge in [0.2, 0.25) is 0 Å². The molecule has 1 atom stereocenters. The Morgan fingerprint density at radius 1 is 1.71 bits per heavy atom. The summed E-state index contributed by atoms with van der Waals surface area (Å²) in [6.45, 7) is 2.67. The number of imidazole rings is 1. The van der Waals surface area contributed by atoms with E-state index < -0.39 is 11.9 Å². The Kier molecular flexibility index (Phi) is 2.23. The number of carbonyl (C=O) groups is 1. The third kappa shape index (κ3) is 1.30. The standard InChI is InChI=1S/C9H11ClN2O2/c1-5-11-8(10)7-6(9(13)14)3-2-4-12(5)7/h6H,2-4H2,1H3,(H,13,14). The second-order valence-electron chi connectivity index (χ2n) is 3.52. The van der Waals surface area contributed by atoms with Crippen molar-refractivity contribution in [3.63, 3.8) is 0 Å². The van der Waals surface area contributed by atoms with Gasteiger partial charge in [0.1, 0.15) is 11.7 Å². The molecule has 1 aliphatic heterocycles. The van der Waals surface area contributed by atoms with E-state index >= 15 is 0 Å². The fraction of sp³-hybridized carbons (Fsp3) is 0.556. The third-order valence-electron chi connectivity index (χ3n) is 2.66. The van der Waals surface area contributed by atoms with E-state index in [9.17, 15) is 4.79 Å². The van der Waals surface area contributed by atoms with Crippen molar-refractivity contribution < 1.29 is 9.90 Å². The molecule has 0 radical (unpaired) electrons. The molecule has 14 heavy (non-hydrogen) atoms. The van der Waals surface area contributed by atoms with Crippen molar-refractivity contribution in [1.29, 1.82) is 0 Å². The summed E-state index contributed by atoms with van der Waals surface area (Å²) in [5.41, 5.74) is 0.669. The largest absolute Gasteiger partial charge is 0.481 e. The summed E-state index contributed by atoms with van der Waals surface area (Å²) in [6.07, 6.45) is 1.53. The lowest BCUT2D eigenvalue weighted by atomic mass is 9.96. The van der Waals surface area contributed by atoms with Gasteiger partial charge in [-0.25, -0.2) is 4.98 Å². The van der Waals surface area contributed by atoms with Gasteiger partial charge in [-0.2, -0.15) is 0 Å². The molecule has 0 aliphatic carbocycles. The minimum Gasteiger partial charge on any atom is -0.481 e. The van der Waals surface area contributed by atoms with Crippen LogP contribution >= 0.6 is 11.6 Å². The maximum absolute atomic E-state index is 11.0. The van der Waals surface area contributed by atoms with Gasteiger partial charge in [0.15, 0.2) is 5.15 Å². The van der Waals surface area contributed by atoms with E-state index in [4.69, 9.17) is 16.7 Å². The molecule has 1 aromatic rings. The van der Waals surface area contributed by atoms with Gasteiger partial charge in [0, 0.05) is 6.54 Å². The summed E-state index contributed by atoms with van der Waals surface area (Å²) < 4.78 is 1.91. The van der Waals surface area contributed by atoms with Crippen molar-refractivity contribution in [2.75, 3.05) is 0 Å². The predicted molar refractivity (Wildman–Crippen MR) is 51.6 cm³/mol. The zero-order valence-electron chi connectivity index (χ0n) is 7.83. The van der Waals surface area contributed by atoms with E-state index in [0.717, 1.165) is 18.8 Å². The van der Waals surface area contributed by atoms with Crippen LogP contribution < -0.4 is 0 Å². The first kappa shape index (κ1) is 9.52.